The third-order valence-corrected chi connectivity index (χ3v) is 2.33. The number of nitrogens with two attached hydrogens (primary N) is 1. The third-order valence-electron chi connectivity index (χ3n) is 2.33. The van der Waals surface area contributed by atoms with Gasteiger partial charge in [0.15, 0.2) is 0 Å². The minimum Gasteiger partial charge on any atom is -0.392 e. The Kier molecular flexibility index (Phi) is 4.20. The summed E-state index contributed by atoms with van der Waals surface area (Å²) in [6, 6.07) is 4.43. The second kappa shape index (κ2) is 5.25. The molecule has 0 saturated carbocycles. The van der Waals surface area contributed by atoms with Crippen LogP contribution in [-0.4, -0.2) is 16.6 Å². The van der Waals surface area contributed by atoms with Gasteiger partial charge in [0.1, 0.15) is 5.82 Å². The number of nitrogens with one attached hydrogen (secondary N) is 1. The first kappa shape index (κ1) is 13.6. The number of carbonyl (C=O) groups excluding carboxylic acids is 1. The number of hydrogen-bond acceptors (Lipinski definition) is 3. The molecule has 0 aliphatic carbocycles. The highest BCUT2D eigenvalue weighted by Crippen LogP contribution is 2.10. The molecule has 0 bridgehead atoms. The van der Waals surface area contributed by atoms with Crippen molar-refractivity contribution in [1.82, 2.24) is 5.32 Å². The molecule has 5 heteroatoms. The number of amides is 1. The molecule has 0 aliphatic rings. The summed E-state index contributed by atoms with van der Waals surface area (Å²) in [5, 5.41) is 11.4. The van der Waals surface area contributed by atoms with E-state index in [0.717, 1.165) is 0 Å². The lowest BCUT2D eigenvalue weighted by molar-refractivity contribution is -0.125. The van der Waals surface area contributed by atoms with Gasteiger partial charge in [-0.2, -0.15) is 0 Å². The van der Waals surface area contributed by atoms with Crippen molar-refractivity contribution >= 4 is 5.91 Å². The Balaban J connectivity index is 2.65. The van der Waals surface area contributed by atoms with E-state index in [2.05, 4.69) is 5.32 Å². The fourth-order valence-electron chi connectivity index (χ4n) is 1.24. The maximum absolute atomic E-state index is 13.3. The van der Waals surface area contributed by atoms with Crippen LogP contribution in [0.4, 0.5) is 4.39 Å². The number of benzene rings is 1. The van der Waals surface area contributed by atoms with E-state index in [1.54, 1.807) is 19.9 Å². The standard InChI is InChI=1S/C12H17FN2O2/c1-12(2,14)11(17)15-6-8-3-4-9(7-16)10(13)5-8/h3-5,16H,6-7,14H2,1-2H3,(H,15,17). The zero-order valence-electron chi connectivity index (χ0n) is 9.96. The van der Waals surface area contributed by atoms with Gasteiger partial charge in [0, 0.05) is 12.1 Å². The smallest absolute Gasteiger partial charge is 0.239 e. The van der Waals surface area contributed by atoms with Crippen molar-refractivity contribution in [2.24, 2.45) is 5.73 Å². The Morgan fingerprint density at radius 2 is 2.18 bits per heavy atom. The van der Waals surface area contributed by atoms with Gasteiger partial charge in [-0.1, -0.05) is 12.1 Å². The lowest BCUT2D eigenvalue weighted by Gasteiger charge is -2.17. The van der Waals surface area contributed by atoms with Gasteiger partial charge in [-0.3, -0.25) is 4.79 Å². The molecule has 0 heterocycles. The van der Waals surface area contributed by atoms with Gasteiger partial charge < -0.3 is 16.2 Å². The lowest BCUT2D eigenvalue weighted by Crippen LogP contribution is -2.48. The number of aliphatic hydroxyl groups is 1. The van der Waals surface area contributed by atoms with Gasteiger partial charge in [0.2, 0.25) is 5.91 Å². The topological polar surface area (TPSA) is 75.4 Å². The molecule has 4 nitrogen and oxygen atoms in total. The van der Waals surface area contributed by atoms with Gasteiger partial charge in [-0.25, -0.2) is 4.39 Å². The van der Waals surface area contributed by atoms with Crippen molar-refractivity contribution in [1.29, 1.82) is 0 Å². The van der Waals surface area contributed by atoms with E-state index in [9.17, 15) is 9.18 Å². The third kappa shape index (κ3) is 3.80. The monoisotopic (exact) mass is 240 g/mol. The predicted octanol–water partition coefficient (Wildman–Crippen LogP) is 0.671. The summed E-state index contributed by atoms with van der Waals surface area (Å²) < 4.78 is 13.3. The van der Waals surface area contributed by atoms with E-state index in [0.29, 0.717) is 5.56 Å². The average molecular weight is 240 g/mol. The van der Waals surface area contributed by atoms with Crippen molar-refractivity contribution in [3.8, 4) is 0 Å². The van der Waals surface area contributed by atoms with Crippen LogP contribution in [0.5, 0.6) is 0 Å². The molecular weight excluding hydrogens is 223 g/mol. The van der Waals surface area contributed by atoms with Crippen LogP contribution >= 0.6 is 0 Å². The second-order valence-corrected chi connectivity index (χ2v) is 4.49. The Morgan fingerprint density at radius 1 is 1.53 bits per heavy atom. The molecule has 94 valence electrons. The van der Waals surface area contributed by atoms with Crippen LogP contribution < -0.4 is 11.1 Å². The van der Waals surface area contributed by atoms with Gasteiger partial charge >= 0.3 is 0 Å². The molecule has 4 N–H and O–H groups in total. The fraction of sp³-hybridized carbons (Fsp3) is 0.417. The number of carbonyl (C=O) groups is 1. The van der Waals surface area contributed by atoms with E-state index < -0.39 is 11.4 Å². The van der Waals surface area contributed by atoms with Gasteiger partial charge in [-0.15, -0.1) is 0 Å². The number of hydrogen-bond donors (Lipinski definition) is 3. The van der Waals surface area contributed by atoms with E-state index in [4.69, 9.17) is 10.8 Å². The number of rotatable bonds is 4. The van der Waals surface area contributed by atoms with E-state index in [-0.39, 0.29) is 24.6 Å². The molecule has 1 aromatic carbocycles. The summed E-state index contributed by atoms with van der Waals surface area (Å²) in [7, 11) is 0. The lowest BCUT2D eigenvalue weighted by atomic mass is 10.1. The summed E-state index contributed by atoms with van der Waals surface area (Å²) >= 11 is 0. The highest BCUT2D eigenvalue weighted by atomic mass is 19.1. The SMILES string of the molecule is CC(C)(N)C(=O)NCc1ccc(CO)c(F)c1. The summed E-state index contributed by atoms with van der Waals surface area (Å²) in [6.07, 6.45) is 0. The molecule has 0 unspecified atom stereocenters. The van der Waals surface area contributed by atoms with Crippen molar-refractivity contribution in [3.05, 3.63) is 35.1 Å². The molecule has 1 aromatic rings. The Labute approximate surface area is 99.6 Å². The fourth-order valence-corrected chi connectivity index (χ4v) is 1.24. The summed E-state index contributed by atoms with van der Waals surface area (Å²) in [5.74, 6) is -0.782. The molecular formula is C12H17FN2O2. The first-order valence-electron chi connectivity index (χ1n) is 5.30. The van der Waals surface area contributed by atoms with Crippen molar-refractivity contribution in [2.45, 2.75) is 32.5 Å². The Hall–Kier alpha value is -1.46. The van der Waals surface area contributed by atoms with Crippen LogP contribution in [-0.2, 0) is 17.9 Å². The van der Waals surface area contributed by atoms with E-state index in [1.807, 2.05) is 0 Å². The zero-order valence-corrected chi connectivity index (χ0v) is 9.96. The largest absolute Gasteiger partial charge is 0.392 e. The van der Waals surface area contributed by atoms with Crippen LogP contribution in [0.2, 0.25) is 0 Å². The second-order valence-electron chi connectivity index (χ2n) is 4.49. The van der Waals surface area contributed by atoms with Crippen LogP contribution in [0.15, 0.2) is 18.2 Å². The highest BCUT2D eigenvalue weighted by Gasteiger charge is 2.21. The molecule has 0 atom stereocenters. The molecule has 0 spiro atoms. The molecule has 17 heavy (non-hydrogen) atoms. The molecule has 0 fully saturated rings. The normalized spacial score (nSPS) is 11.4. The van der Waals surface area contributed by atoms with E-state index >= 15 is 0 Å². The van der Waals surface area contributed by atoms with Crippen LogP contribution in [0.25, 0.3) is 0 Å². The molecule has 1 amide bonds. The van der Waals surface area contributed by atoms with Crippen LogP contribution in [0.3, 0.4) is 0 Å². The van der Waals surface area contributed by atoms with Gasteiger partial charge in [0.05, 0.1) is 12.1 Å². The Morgan fingerprint density at radius 3 is 2.65 bits per heavy atom. The van der Waals surface area contributed by atoms with Crippen molar-refractivity contribution in [3.63, 3.8) is 0 Å². The van der Waals surface area contributed by atoms with Crippen LogP contribution in [0.1, 0.15) is 25.0 Å². The number of halogens is 1. The zero-order chi connectivity index (χ0) is 13.1. The summed E-state index contributed by atoms with van der Waals surface area (Å²) in [6.45, 7) is 3.06. The first-order valence-corrected chi connectivity index (χ1v) is 5.30. The van der Waals surface area contributed by atoms with Gasteiger partial charge in [-0.05, 0) is 25.5 Å². The maximum atomic E-state index is 13.3. The maximum Gasteiger partial charge on any atom is 0.239 e. The minimum atomic E-state index is -0.955. The van der Waals surface area contributed by atoms with Crippen molar-refractivity contribution < 1.29 is 14.3 Å². The summed E-state index contributed by atoms with van der Waals surface area (Å²) in [4.78, 5) is 11.5. The quantitative estimate of drug-likeness (QED) is 0.724. The molecule has 1 rings (SSSR count). The van der Waals surface area contributed by atoms with Gasteiger partial charge in [0.25, 0.3) is 0 Å². The number of aliphatic hydroxyl groups excluding tert-OH is 1. The molecule has 0 aromatic heterocycles. The van der Waals surface area contributed by atoms with Crippen molar-refractivity contribution in [2.75, 3.05) is 0 Å². The van der Waals surface area contributed by atoms with Crippen LogP contribution in [0, 0.1) is 5.82 Å². The van der Waals surface area contributed by atoms with E-state index in [1.165, 1.54) is 12.1 Å². The molecule has 0 aliphatic heterocycles. The Bertz CT molecular complexity index is 413. The first-order chi connectivity index (χ1) is 7.84. The summed E-state index contributed by atoms with van der Waals surface area (Å²) in [5.41, 5.74) is 5.50. The molecule has 0 saturated heterocycles. The predicted molar refractivity (Wildman–Crippen MR) is 62.4 cm³/mol. The minimum absolute atomic E-state index is 0.210. The molecule has 0 radical (unpaired) electrons. The average Bonchev–Trinajstić information content (AvgIpc) is 2.24. The highest BCUT2D eigenvalue weighted by molar-refractivity contribution is 5.84.